The predicted octanol–water partition coefficient (Wildman–Crippen LogP) is 4.42. The van der Waals surface area contributed by atoms with Crippen LogP contribution < -0.4 is 5.32 Å². The Bertz CT molecular complexity index is 965. The summed E-state index contributed by atoms with van der Waals surface area (Å²) in [5, 5.41) is 4.84. The van der Waals surface area contributed by atoms with Crippen molar-refractivity contribution in [3.05, 3.63) is 66.1 Å². The molecule has 4 aromatic rings. The number of nitrogens with one attached hydrogen (secondary N) is 2. The van der Waals surface area contributed by atoms with E-state index in [2.05, 4.69) is 25.3 Å². The predicted molar refractivity (Wildman–Crippen MR) is 91.9 cm³/mol. The lowest BCUT2D eigenvalue weighted by atomic mass is 10.2. The maximum atomic E-state index is 6.29. The minimum Gasteiger partial charge on any atom is -0.361 e. The Labute approximate surface area is 137 Å². The largest absolute Gasteiger partial charge is 0.361 e. The van der Waals surface area contributed by atoms with Gasteiger partial charge in [-0.25, -0.2) is 9.97 Å². The molecular formula is C17H12ClN5. The number of aromatic nitrogens is 4. The van der Waals surface area contributed by atoms with Gasteiger partial charge in [0.15, 0.2) is 0 Å². The highest BCUT2D eigenvalue weighted by molar-refractivity contribution is 6.35. The molecule has 4 rings (SSSR count). The Morgan fingerprint density at radius 3 is 2.78 bits per heavy atom. The molecule has 0 amide bonds. The van der Waals surface area contributed by atoms with E-state index in [-0.39, 0.29) is 0 Å². The average molecular weight is 322 g/mol. The van der Waals surface area contributed by atoms with Crippen molar-refractivity contribution in [2.24, 2.45) is 0 Å². The molecule has 0 atom stereocenters. The van der Waals surface area contributed by atoms with E-state index in [1.807, 2.05) is 48.7 Å². The van der Waals surface area contributed by atoms with Crippen LogP contribution in [-0.4, -0.2) is 19.9 Å². The second kappa shape index (κ2) is 5.70. The van der Waals surface area contributed by atoms with Crippen molar-refractivity contribution in [3.63, 3.8) is 0 Å². The van der Waals surface area contributed by atoms with Gasteiger partial charge in [-0.15, -0.1) is 0 Å². The molecule has 1 aromatic carbocycles. The molecule has 0 radical (unpaired) electrons. The van der Waals surface area contributed by atoms with Gasteiger partial charge in [0.25, 0.3) is 0 Å². The van der Waals surface area contributed by atoms with Crippen molar-refractivity contribution in [1.29, 1.82) is 0 Å². The monoisotopic (exact) mass is 321 g/mol. The highest BCUT2D eigenvalue weighted by Gasteiger charge is 2.06. The molecule has 0 saturated heterocycles. The molecule has 0 aliphatic carbocycles. The quantitative estimate of drug-likeness (QED) is 0.586. The van der Waals surface area contributed by atoms with Crippen LogP contribution >= 0.6 is 11.6 Å². The van der Waals surface area contributed by atoms with Crippen LogP contribution in [0.1, 0.15) is 0 Å². The summed E-state index contributed by atoms with van der Waals surface area (Å²) >= 11 is 6.29. The van der Waals surface area contributed by atoms with Crippen LogP contribution in [0.5, 0.6) is 0 Å². The van der Waals surface area contributed by atoms with Crippen LogP contribution in [0.25, 0.3) is 22.3 Å². The number of benzene rings is 1. The van der Waals surface area contributed by atoms with Gasteiger partial charge in [-0.2, -0.15) is 0 Å². The van der Waals surface area contributed by atoms with E-state index in [0.29, 0.717) is 11.0 Å². The van der Waals surface area contributed by atoms with Crippen molar-refractivity contribution in [1.82, 2.24) is 19.9 Å². The molecule has 0 aliphatic heterocycles. The van der Waals surface area contributed by atoms with E-state index in [1.54, 1.807) is 12.4 Å². The van der Waals surface area contributed by atoms with Crippen LogP contribution in [0.4, 0.5) is 11.6 Å². The molecule has 0 bridgehead atoms. The lowest BCUT2D eigenvalue weighted by molar-refractivity contribution is 1.15. The lowest BCUT2D eigenvalue weighted by Gasteiger charge is -2.07. The summed E-state index contributed by atoms with van der Waals surface area (Å²) in [6.07, 6.45) is 5.30. The van der Waals surface area contributed by atoms with Crippen LogP contribution in [0.15, 0.2) is 61.1 Å². The van der Waals surface area contributed by atoms with E-state index in [0.717, 1.165) is 28.0 Å². The molecular weight excluding hydrogens is 310 g/mol. The Morgan fingerprint density at radius 2 is 1.91 bits per heavy atom. The number of fused-ring (bicyclic) bond motifs is 1. The number of H-pyrrole nitrogens is 1. The van der Waals surface area contributed by atoms with Gasteiger partial charge >= 0.3 is 0 Å². The third-order valence-corrected chi connectivity index (χ3v) is 3.77. The Kier molecular flexibility index (Phi) is 3.40. The van der Waals surface area contributed by atoms with E-state index in [4.69, 9.17) is 11.6 Å². The summed E-state index contributed by atoms with van der Waals surface area (Å²) in [6.45, 7) is 0. The molecule has 0 unspecified atom stereocenters. The fourth-order valence-electron chi connectivity index (χ4n) is 2.40. The molecule has 2 N–H and O–H groups in total. The van der Waals surface area contributed by atoms with E-state index in [9.17, 15) is 0 Å². The van der Waals surface area contributed by atoms with Gasteiger partial charge in [-0.1, -0.05) is 17.7 Å². The Hall–Kier alpha value is -2.92. The Balaban J connectivity index is 1.68. The van der Waals surface area contributed by atoms with Gasteiger partial charge in [0.2, 0.25) is 5.95 Å². The first-order valence-corrected chi connectivity index (χ1v) is 7.45. The molecule has 0 fully saturated rings. The summed E-state index contributed by atoms with van der Waals surface area (Å²) in [7, 11) is 0. The minimum atomic E-state index is 0.495. The molecule has 3 aromatic heterocycles. The molecule has 23 heavy (non-hydrogen) atoms. The fraction of sp³-hybridized carbons (Fsp3) is 0. The average Bonchev–Trinajstić information content (AvgIpc) is 3.05. The second-order valence-corrected chi connectivity index (χ2v) is 5.41. The number of aromatic amines is 1. The number of halogens is 1. The SMILES string of the molecule is Clc1cc(Nc2nccc(-c3ccccn3)n2)cc2[nH]ccc12. The second-order valence-electron chi connectivity index (χ2n) is 5.00. The van der Waals surface area contributed by atoms with Crippen LogP contribution in [-0.2, 0) is 0 Å². The third kappa shape index (κ3) is 2.74. The van der Waals surface area contributed by atoms with Gasteiger partial charge in [-0.05, 0) is 36.4 Å². The first-order chi connectivity index (χ1) is 11.3. The first-order valence-electron chi connectivity index (χ1n) is 7.08. The summed E-state index contributed by atoms with van der Waals surface area (Å²) in [5.41, 5.74) is 3.34. The summed E-state index contributed by atoms with van der Waals surface area (Å²) in [6, 6.07) is 13.3. The highest BCUT2D eigenvalue weighted by atomic mass is 35.5. The van der Waals surface area contributed by atoms with Crippen LogP contribution in [0.2, 0.25) is 5.02 Å². The fourth-order valence-corrected chi connectivity index (χ4v) is 2.68. The van der Waals surface area contributed by atoms with Gasteiger partial charge < -0.3 is 10.3 Å². The molecule has 6 heteroatoms. The third-order valence-electron chi connectivity index (χ3n) is 3.46. The van der Waals surface area contributed by atoms with Gasteiger partial charge in [0, 0.05) is 35.2 Å². The normalized spacial score (nSPS) is 10.8. The lowest BCUT2D eigenvalue weighted by Crippen LogP contribution is -1.98. The number of hydrogen-bond acceptors (Lipinski definition) is 4. The zero-order chi connectivity index (χ0) is 15.6. The number of anilines is 2. The molecule has 5 nitrogen and oxygen atoms in total. The molecule has 112 valence electrons. The number of nitrogens with zero attached hydrogens (tertiary/aromatic N) is 3. The van der Waals surface area contributed by atoms with Gasteiger partial charge in [0.1, 0.15) is 0 Å². The molecule has 3 heterocycles. The van der Waals surface area contributed by atoms with Crippen molar-refractivity contribution in [3.8, 4) is 11.4 Å². The number of hydrogen-bond donors (Lipinski definition) is 2. The first kappa shape index (κ1) is 13.7. The topological polar surface area (TPSA) is 66.5 Å². The van der Waals surface area contributed by atoms with Gasteiger partial charge in [-0.3, -0.25) is 4.98 Å². The summed E-state index contributed by atoms with van der Waals surface area (Å²) < 4.78 is 0. The number of rotatable bonds is 3. The number of pyridine rings is 1. The minimum absolute atomic E-state index is 0.495. The van der Waals surface area contributed by atoms with Crippen LogP contribution in [0, 0.1) is 0 Å². The molecule has 0 spiro atoms. The smallest absolute Gasteiger partial charge is 0.227 e. The maximum absolute atomic E-state index is 6.29. The molecule has 0 aliphatic rings. The van der Waals surface area contributed by atoms with E-state index >= 15 is 0 Å². The Morgan fingerprint density at radius 1 is 0.957 bits per heavy atom. The van der Waals surface area contributed by atoms with Gasteiger partial charge in [0.05, 0.1) is 16.4 Å². The maximum Gasteiger partial charge on any atom is 0.227 e. The van der Waals surface area contributed by atoms with E-state index < -0.39 is 0 Å². The van der Waals surface area contributed by atoms with Crippen LogP contribution in [0.3, 0.4) is 0 Å². The van der Waals surface area contributed by atoms with E-state index in [1.165, 1.54) is 0 Å². The van der Waals surface area contributed by atoms with Crippen molar-refractivity contribution in [2.45, 2.75) is 0 Å². The van der Waals surface area contributed by atoms with Crippen molar-refractivity contribution >= 4 is 34.1 Å². The van der Waals surface area contributed by atoms with Crippen molar-refractivity contribution in [2.75, 3.05) is 5.32 Å². The molecule has 0 saturated carbocycles. The summed E-state index contributed by atoms with van der Waals surface area (Å²) in [5.74, 6) is 0.495. The zero-order valence-electron chi connectivity index (χ0n) is 12.0. The standard InChI is InChI=1S/C17H12ClN5/c18-13-9-11(10-16-12(13)4-7-20-16)22-17-21-8-5-15(23-17)14-3-1-2-6-19-14/h1-10,20H,(H,21,22,23). The highest BCUT2D eigenvalue weighted by Crippen LogP contribution is 2.28. The zero-order valence-corrected chi connectivity index (χ0v) is 12.7. The van der Waals surface area contributed by atoms with Crippen molar-refractivity contribution < 1.29 is 0 Å². The summed E-state index contributed by atoms with van der Waals surface area (Å²) in [4.78, 5) is 16.2.